The summed E-state index contributed by atoms with van der Waals surface area (Å²) < 4.78 is 42.7. The molecule has 96 valence electrons. The van der Waals surface area contributed by atoms with Crippen LogP contribution in [0.5, 0.6) is 0 Å². The maximum Gasteiger partial charge on any atom is 0.404 e. The van der Waals surface area contributed by atoms with E-state index in [0.717, 1.165) is 12.0 Å². The van der Waals surface area contributed by atoms with Crippen LogP contribution in [0.15, 0.2) is 0 Å². The maximum absolute atomic E-state index is 12.8. The number of piperidine rings is 3. The van der Waals surface area contributed by atoms with Crippen LogP contribution < -0.4 is 0 Å². The summed E-state index contributed by atoms with van der Waals surface area (Å²) in [5.41, 5.74) is 0. The lowest BCUT2D eigenvalue weighted by atomic mass is 9.77. The Kier molecular flexibility index (Phi) is 2.89. The van der Waals surface area contributed by atoms with Crippen LogP contribution >= 0.6 is 0 Å². The molecular formula is C10H12F3NO3. The van der Waals surface area contributed by atoms with Gasteiger partial charge < -0.3 is 4.74 Å². The second-order valence-corrected chi connectivity index (χ2v) is 4.34. The topological polar surface area (TPSA) is 46.6 Å². The number of carbonyl (C=O) groups is 2. The summed E-state index contributed by atoms with van der Waals surface area (Å²) in [7, 11) is 1.07. The number of carbonyl (C=O) groups excluding carboxylic acids is 2. The van der Waals surface area contributed by atoms with E-state index in [1.165, 1.54) is 0 Å². The normalized spacial score (nSPS) is 37.1. The van der Waals surface area contributed by atoms with Gasteiger partial charge in [-0.3, -0.25) is 9.69 Å². The SMILES string of the molecule is COC(=O)C1C(=O)C2CCN1C(C(F)(F)F)C2. The van der Waals surface area contributed by atoms with Crippen molar-refractivity contribution in [3.05, 3.63) is 0 Å². The van der Waals surface area contributed by atoms with E-state index in [4.69, 9.17) is 0 Å². The van der Waals surface area contributed by atoms with E-state index in [0.29, 0.717) is 6.42 Å². The molecule has 0 aliphatic carbocycles. The van der Waals surface area contributed by atoms with Crippen LogP contribution in [0.3, 0.4) is 0 Å². The average molecular weight is 251 g/mol. The third-order valence-electron chi connectivity index (χ3n) is 3.45. The van der Waals surface area contributed by atoms with Crippen LogP contribution in [0.2, 0.25) is 0 Å². The van der Waals surface area contributed by atoms with E-state index in [9.17, 15) is 22.8 Å². The van der Waals surface area contributed by atoms with Crippen molar-refractivity contribution in [3.63, 3.8) is 0 Å². The van der Waals surface area contributed by atoms with Crippen molar-refractivity contribution in [3.8, 4) is 0 Å². The molecule has 3 rings (SSSR count). The number of Topliss-reactive ketones (excluding diaryl/α,β-unsaturated/α-hetero) is 1. The first-order valence-electron chi connectivity index (χ1n) is 5.30. The first-order valence-corrected chi connectivity index (χ1v) is 5.30. The predicted octanol–water partition coefficient (Wildman–Crippen LogP) is 0.754. The number of alkyl halides is 3. The van der Waals surface area contributed by atoms with E-state index < -0.39 is 35.9 Å². The molecule has 3 heterocycles. The first kappa shape index (κ1) is 12.3. The van der Waals surface area contributed by atoms with Crippen LogP contribution in [0.1, 0.15) is 12.8 Å². The molecule has 0 aromatic heterocycles. The summed E-state index contributed by atoms with van der Waals surface area (Å²) in [6.07, 6.45) is -4.26. The highest BCUT2D eigenvalue weighted by molar-refractivity contribution is 6.05. The van der Waals surface area contributed by atoms with Gasteiger partial charge >= 0.3 is 12.1 Å². The molecule has 0 aromatic carbocycles. The van der Waals surface area contributed by atoms with Crippen LogP contribution in [-0.2, 0) is 14.3 Å². The average Bonchev–Trinajstić information content (AvgIpc) is 2.27. The Morgan fingerprint density at radius 3 is 2.65 bits per heavy atom. The first-order chi connectivity index (χ1) is 7.86. The molecule has 7 heteroatoms. The number of ether oxygens (including phenoxy) is 1. The van der Waals surface area contributed by atoms with Gasteiger partial charge in [0.2, 0.25) is 0 Å². The predicted molar refractivity (Wildman–Crippen MR) is 50.1 cm³/mol. The molecule has 17 heavy (non-hydrogen) atoms. The Morgan fingerprint density at radius 1 is 1.47 bits per heavy atom. The molecule has 4 atom stereocenters. The molecule has 4 unspecified atom stereocenters. The molecule has 2 bridgehead atoms. The highest BCUT2D eigenvalue weighted by atomic mass is 19.4. The van der Waals surface area contributed by atoms with Crippen molar-refractivity contribution >= 4 is 11.8 Å². The number of rotatable bonds is 1. The molecule has 3 saturated heterocycles. The minimum absolute atomic E-state index is 0.111. The summed E-state index contributed by atoms with van der Waals surface area (Å²) in [5.74, 6) is -2.01. The zero-order chi connectivity index (χ0) is 12.8. The van der Waals surface area contributed by atoms with E-state index in [1.54, 1.807) is 0 Å². The highest BCUT2D eigenvalue weighted by Gasteiger charge is 2.57. The van der Waals surface area contributed by atoms with Gasteiger partial charge in [-0.25, -0.2) is 4.79 Å². The Hall–Kier alpha value is -1.11. The van der Waals surface area contributed by atoms with Crippen LogP contribution in [0, 0.1) is 5.92 Å². The van der Waals surface area contributed by atoms with Crippen LogP contribution in [-0.4, -0.2) is 48.6 Å². The second-order valence-electron chi connectivity index (χ2n) is 4.34. The van der Waals surface area contributed by atoms with Gasteiger partial charge in [-0.1, -0.05) is 0 Å². The minimum Gasteiger partial charge on any atom is -0.468 e. The summed E-state index contributed by atoms with van der Waals surface area (Å²) in [6.45, 7) is 0.111. The summed E-state index contributed by atoms with van der Waals surface area (Å²) in [5, 5.41) is 0. The smallest absolute Gasteiger partial charge is 0.404 e. The quantitative estimate of drug-likeness (QED) is 0.509. The third kappa shape index (κ3) is 1.92. The minimum atomic E-state index is -4.41. The number of esters is 1. The van der Waals surface area contributed by atoms with Gasteiger partial charge in [-0.2, -0.15) is 13.2 Å². The lowest BCUT2D eigenvalue weighted by Crippen LogP contribution is -2.66. The standard InChI is InChI=1S/C10H12F3NO3/c1-17-9(16)7-8(15)5-2-3-14(7)6(4-5)10(11,12)13/h5-7H,2-4H2,1H3. The Labute approximate surface area is 95.7 Å². The molecule has 0 radical (unpaired) electrons. The van der Waals surface area contributed by atoms with Crippen molar-refractivity contribution in [2.45, 2.75) is 31.1 Å². The van der Waals surface area contributed by atoms with Gasteiger partial charge in [0.25, 0.3) is 0 Å². The fourth-order valence-corrected chi connectivity index (χ4v) is 2.62. The summed E-state index contributed by atoms with van der Waals surface area (Å²) in [6, 6.07) is -3.08. The number of hydrogen-bond donors (Lipinski definition) is 0. The van der Waals surface area contributed by atoms with Gasteiger partial charge in [-0.05, 0) is 12.8 Å². The fourth-order valence-electron chi connectivity index (χ4n) is 2.62. The number of ketones is 1. The zero-order valence-electron chi connectivity index (χ0n) is 9.16. The van der Waals surface area contributed by atoms with Crippen molar-refractivity contribution < 1.29 is 27.5 Å². The number of methoxy groups -OCH3 is 1. The van der Waals surface area contributed by atoms with Crippen molar-refractivity contribution in [1.82, 2.24) is 4.90 Å². The van der Waals surface area contributed by atoms with Gasteiger partial charge in [0, 0.05) is 12.5 Å². The second kappa shape index (κ2) is 3.97. The monoisotopic (exact) mass is 251 g/mol. The molecule has 3 aliphatic heterocycles. The van der Waals surface area contributed by atoms with Crippen LogP contribution in [0.25, 0.3) is 0 Å². The molecule has 0 amide bonds. The highest BCUT2D eigenvalue weighted by Crippen LogP contribution is 2.41. The van der Waals surface area contributed by atoms with E-state index >= 15 is 0 Å². The van der Waals surface area contributed by atoms with E-state index in [2.05, 4.69) is 4.74 Å². The molecule has 0 spiro atoms. The van der Waals surface area contributed by atoms with Crippen LogP contribution in [0.4, 0.5) is 13.2 Å². The molecule has 0 aromatic rings. The number of hydrogen-bond acceptors (Lipinski definition) is 4. The van der Waals surface area contributed by atoms with Gasteiger partial charge in [0.05, 0.1) is 7.11 Å². The van der Waals surface area contributed by atoms with Gasteiger partial charge in [0.1, 0.15) is 6.04 Å². The van der Waals surface area contributed by atoms with Gasteiger partial charge in [-0.15, -0.1) is 0 Å². The number of fused-ring (bicyclic) bond motifs is 3. The zero-order valence-corrected chi connectivity index (χ0v) is 9.16. The van der Waals surface area contributed by atoms with Crippen molar-refractivity contribution in [1.29, 1.82) is 0 Å². The molecule has 3 fully saturated rings. The van der Waals surface area contributed by atoms with Crippen molar-refractivity contribution in [2.75, 3.05) is 13.7 Å². The Morgan fingerprint density at radius 2 is 2.12 bits per heavy atom. The van der Waals surface area contributed by atoms with Crippen molar-refractivity contribution in [2.24, 2.45) is 5.92 Å². The number of halogens is 3. The summed E-state index contributed by atoms with van der Waals surface area (Å²) in [4.78, 5) is 24.1. The Bertz CT molecular complexity index is 355. The maximum atomic E-state index is 12.8. The largest absolute Gasteiger partial charge is 0.468 e. The van der Waals surface area contributed by atoms with Gasteiger partial charge in [0.15, 0.2) is 11.8 Å². The molecule has 3 aliphatic rings. The molecule has 0 saturated carbocycles. The molecule has 4 nitrogen and oxygen atoms in total. The lowest BCUT2D eigenvalue weighted by Gasteiger charge is -2.48. The third-order valence-corrected chi connectivity index (χ3v) is 3.45. The molecule has 0 N–H and O–H groups in total. The van der Waals surface area contributed by atoms with E-state index in [-0.39, 0.29) is 13.0 Å². The molecular weight excluding hydrogens is 239 g/mol. The summed E-state index contributed by atoms with van der Waals surface area (Å²) >= 11 is 0. The number of nitrogens with zero attached hydrogens (tertiary/aromatic N) is 1. The lowest BCUT2D eigenvalue weighted by molar-refractivity contribution is -0.215. The van der Waals surface area contributed by atoms with E-state index in [1.807, 2.05) is 0 Å². The fraction of sp³-hybridized carbons (Fsp3) is 0.800. The Balaban J connectivity index is 2.29.